The molecule has 0 saturated carbocycles. The number of aliphatic hydroxyl groups excluding tert-OH is 1. The number of hydrogen-bond donors (Lipinski definition) is 2. The van der Waals surface area contributed by atoms with Gasteiger partial charge in [0.05, 0.1) is 6.54 Å². The monoisotopic (exact) mass is 375 g/mol. The Morgan fingerprint density at radius 1 is 1.33 bits per heavy atom. The molecule has 1 atom stereocenters. The highest BCUT2D eigenvalue weighted by Crippen LogP contribution is 2.25. The van der Waals surface area contributed by atoms with Gasteiger partial charge in [-0.05, 0) is 43.5 Å². The predicted octanol–water partition coefficient (Wildman–Crippen LogP) is 0.985. The average molecular weight is 375 g/mol. The number of amides is 1. The summed E-state index contributed by atoms with van der Waals surface area (Å²) in [6, 6.07) is 6.33. The summed E-state index contributed by atoms with van der Waals surface area (Å²) in [6.45, 7) is 2.39. The molecule has 1 aliphatic heterocycles. The van der Waals surface area contributed by atoms with Crippen LogP contribution in [-0.2, 0) is 24.9 Å². The van der Waals surface area contributed by atoms with E-state index >= 15 is 0 Å². The Morgan fingerprint density at radius 2 is 2.11 bits per heavy atom. The molecule has 1 aromatic carbocycles. The van der Waals surface area contributed by atoms with Crippen LogP contribution in [-0.4, -0.2) is 56.9 Å². The second-order valence-corrected chi connectivity index (χ2v) is 6.99. The van der Waals surface area contributed by atoms with Gasteiger partial charge in [-0.3, -0.25) is 9.69 Å². The molecule has 2 aromatic rings. The van der Waals surface area contributed by atoms with Crippen molar-refractivity contribution in [3.8, 4) is 0 Å². The molecule has 0 unspecified atom stereocenters. The quantitative estimate of drug-likeness (QED) is 0.754. The fraction of sp³-hybridized carbons (Fsp3) is 0.526. The summed E-state index contributed by atoms with van der Waals surface area (Å²) < 4.78 is 14.7. The Labute approximate surface area is 158 Å². The fourth-order valence-corrected chi connectivity index (χ4v) is 3.53. The van der Waals surface area contributed by atoms with Crippen molar-refractivity contribution in [3.63, 3.8) is 0 Å². The van der Waals surface area contributed by atoms with E-state index in [-0.39, 0.29) is 24.2 Å². The highest BCUT2D eigenvalue weighted by molar-refractivity contribution is 5.78. The van der Waals surface area contributed by atoms with Crippen LogP contribution in [0.3, 0.4) is 0 Å². The Kier molecular flexibility index (Phi) is 6.52. The lowest BCUT2D eigenvalue weighted by molar-refractivity contribution is -0.122. The first-order valence-electron chi connectivity index (χ1n) is 9.29. The normalized spacial score (nSPS) is 17.8. The summed E-state index contributed by atoms with van der Waals surface area (Å²) in [4.78, 5) is 14.4. The number of likely N-dealkylation sites (tertiary alicyclic amines) is 1. The number of halogens is 1. The lowest BCUT2D eigenvalue weighted by atomic mass is 9.97. The first kappa shape index (κ1) is 19.4. The minimum atomic E-state index is -0.253. The standard InChI is InChI=1S/C19H26FN5O2/c1-24-17(13-26)22-23-19(24)15-3-2-10-25(11-15)12-18(27)21-9-8-14-4-6-16(20)7-5-14/h4-7,15,26H,2-3,8-13H2,1H3,(H,21,27)/t15-/m0/s1. The molecule has 1 aliphatic rings. The number of nitrogens with zero attached hydrogens (tertiary/aromatic N) is 4. The average Bonchev–Trinajstić information content (AvgIpc) is 3.04. The van der Waals surface area contributed by atoms with Crippen LogP contribution in [0.4, 0.5) is 4.39 Å². The third-order valence-electron chi connectivity index (χ3n) is 5.03. The molecular weight excluding hydrogens is 349 g/mol. The molecule has 0 spiro atoms. The summed E-state index contributed by atoms with van der Waals surface area (Å²) >= 11 is 0. The second-order valence-electron chi connectivity index (χ2n) is 6.99. The molecule has 8 heteroatoms. The molecule has 1 amide bonds. The van der Waals surface area contributed by atoms with Crippen molar-refractivity contribution in [2.45, 2.75) is 31.8 Å². The number of nitrogens with one attached hydrogen (secondary N) is 1. The predicted molar refractivity (Wildman–Crippen MR) is 98.5 cm³/mol. The van der Waals surface area contributed by atoms with Crippen LogP contribution in [0, 0.1) is 5.82 Å². The van der Waals surface area contributed by atoms with E-state index in [1.807, 2.05) is 11.6 Å². The van der Waals surface area contributed by atoms with Gasteiger partial charge in [-0.2, -0.15) is 0 Å². The summed E-state index contributed by atoms with van der Waals surface area (Å²) in [5, 5.41) is 20.4. The van der Waals surface area contributed by atoms with Gasteiger partial charge in [0.25, 0.3) is 0 Å². The number of carbonyl (C=O) groups excluding carboxylic acids is 1. The number of hydrogen-bond acceptors (Lipinski definition) is 5. The summed E-state index contributed by atoms with van der Waals surface area (Å²) in [7, 11) is 1.86. The van der Waals surface area contributed by atoms with Gasteiger partial charge in [-0.1, -0.05) is 12.1 Å². The molecule has 2 N–H and O–H groups in total. The first-order chi connectivity index (χ1) is 13.1. The van der Waals surface area contributed by atoms with Gasteiger partial charge in [0.15, 0.2) is 5.82 Å². The van der Waals surface area contributed by atoms with E-state index in [9.17, 15) is 14.3 Å². The van der Waals surface area contributed by atoms with E-state index in [1.165, 1.54) is 12.1 Å². The zero-order valence-corrected chi connectivity index (χ0v) is 15.6. The highest BCUT2D eigenvalue weighted by atomic mass is 19.1. The minimum Gasteiger partial charge on any atom is -0.388 e. The Morgan fingerprint density at radius 3 is 2.81 bits per heavy atom. The van der Waals surface area contributed by atoms with Crippen molar-refractivity contribution < 1.29 is 14.3 Å². The SMILES string of the molecule is Cn1c(CO)nnc1[C@H]1CCCN(CC(=O)NCCc2ccc(F)cc2)C1. The van der Waals surface area contributed by atoms with Crippen molar-refractivity contribution >= 4 is 5.91 Å². The van der Waals surface area contributed by atoms with Crippen LogP contribution in [0.2, 0.25) is 0 Å². The first-order valence-corrected chi connectivity index (χ1v) is 9.29. The number of piperidine rings is 1. The van der Waals surface area contributed by atoms with E-state index in [1.54, 1.807) is 12.1 Å². The highest BCUT2D eigenvalue weighted by Gasteiger charge is 2.26. The van der Waals surface area contributed by atoms with Crippen LogP contribution in [0.5, 0.6) is 0 Å². The van der Waals surface area contributed by atoms with Gasteiger partial charge < -0.3 is 15.0 Å². The van der Waals surface area contributed by atoms with Crippen molar-refractivity contribution in [1.29, 1.82) is 0 Å². The van der Waals surface area contributed by atoms with Crippen LogP contribution >= 0.6 is 0 Å². The van der Waals surface area contributed by atoms with E-state index < -0.39 is 0 Å². The number of aliphatic hydroxyl groups is 1. The van der Waals surface area contributed by atoms with Gasteiger partial charge >= 0.3 is 0 Å². The number of benzene rings is 1. The van der Waals surface area contributed by atoms with Crippen LogP contribution in [0.15, 0.2) is 24.3 Å². The molecule has 7 nitrogen and oxygen atoms in total. The van der Waals surface area contributed by atoms with Gasteiger partial charge in [-0.15, -0.1) is 10.2 Å². The van der Waals surface area contributed by atoms with Gasteiger partial charge in [0.2, 0.25) is 5.91 Å². The van der Waals surface area contributed by atoms with Gasteiger partial charge in [0.1, 0.15) is 18.2 Å². The molecule has 1 fully saturated rings. The van der Waals surface area contributed by atoms with Crippen LogP contribution in [0.25, 0.3) is 0 Å². The van der Waals surface area contributed by atoms with Crippen molar-refractivity contribution in [3.05, 3.63) is 47.3 Å². The van der Waals surface area contributed by atoms with E-state index in [0.29, 0.717) is 25.3 Å². The van der Waals surface area contributed by atoms with E-state index in [2.05, 4.69) is 20.4 Å². The van der Waals surface area contributed by atoms with Gasteiger partial charge in [0, 0.05) is 26.1 Å². The lowest BCUT2D eigenvalue weighted by Gasteiger charge is -2.31. The third-order valence-corrected chi connectivity index (χ3v) is 5.03. The van der Waals surface area contributed by atoms with E-state index in [0.717, 1.165) is 37.3 Å². The topological polar surface area (TPSA) is 83.3 Å². The smallest absolute Gasteiger partial charge is 0.234 e. The van der Waals surface area contributed by atoms with Crippen LogP contribution < -0.4 is 5.32 Å². The summed E-state index contributed by atoms with van der Waals surface area (Å²) in [6.07, 6.45) is 2.67. The molecule has 2 heterocycles. The number of carbonyl (C=O) groups is 1. The third kappa shape index (κ3) is 5.11. The zero-order valence-electron chi connectivity index (χ0n) is 15.6. The molecule has 0 radical (unpaired) electrons. The molecule has 0 bridgehead atoms. The molecule has 0 aliphatic carbocycles. The second kappa shape index (κ2) is 9.05. The molecule has 3 rings (SSSR count). The molecular formula is C19H26FN5O2. The molecule has 1 aromatic heterocycles. The summed E-state index contributed by atoms with van der Waals surface area (Å²) in [5.41, 5.74) is 0.997. The number of rotatable bonds is 7. The maximum atomic E-state index is 12.9. The number of aromatic nitrogens is 3. The zero-order chi connectivity index (χ0) is 19.2. The molecule has 1 saturated heterocycles. The summed E-state index contributed by atoms with van der Waals surface area (Å²) in [5.74, 6) is 1.37. The lowest BCUT2D eigenvalue weighted by Crippen LogP contribution is -2.42. The molecule has 27 heavy (non-hydrogen) atoms. The maximum absolute atomic E-state index is 12.9. The maximum Gasteiger partial charge on any atom is 0.234 e. The van der Waals surface area contributed by atoms with Crippen LogP contribution in [0.1, 0.15) is 36.0 Å². The fourth-order valence-electron chi connectivity index (χ4n) is 3.53. The molecule has 146 valence electrons. The van der Waals surface area contributed by atoms with Crippen molar-refractivity contribution in [1.82, 2.24) is 25.0 Å². The Balaban J connectivity index is 1.46. The van der Waals surface area contributed by atoms with Crippen molar-refractivity contribution in [2.75, 3.05) is 26.2 Å². The van der Waals surface area contributed by atoms with E-state index in [4.69, 9.17) is 0 Å². The van der Waals surface area contributed by atoms with Crippen molar-refractivity contribution in [2.24, 2.45) is 7.05 Å². The largest absolute Gasteiger partial charge is 0.388 e. The minimum absolute atomic E-state index is 0.00762. The van der Waals surface area contributed by atoms with Gasteiger partial charge in [-0.25, -0.2) is 4.39 Å². The Hall–Kier alpha value is -2.32. The Bertz CT molecular complexity index is 762.